The van der Waals surface area contributed by atoms with Gasteiger partial charge in [0.15, 0.2) is 0 Å². The molecule has 11 aromatic rings. The van der Waals surface area contributed by atoms with Gasteiger partial charge in [-0.25, -0.2) is 0 Å². The molecule has 58 heavy (non-hydrogen) atoms. The second-order valence-electron chi connectivity index (χ2n) is 15.0. The van der Waals surface area contributed by atoms with Gasteiger partial charge in [0, 0.05) is 33.4 Å². The number of anilines is 3. The number of para-hydroxylation sites is 3. The molecule has 0 fully saturated rings. The highest BCUT2D eigenvalue weighted by molar-refractivity contribution is 6.09. The lowest BCUT2D eigenvalue weighted by Crippen LogP contribution is -2.11. The lowest BCUT2D eigenvalue weighted by atomic mass is 9.97. The van der Waals surface area contributed by atoms with Crippen LogP contribution < -0.4 is 4.90 Å². The molecular weight excluding hydrogens is 701 g/mol. The Morgan fingerprint density at radius 1 is 0.293 bits per heavy atom. The Bertz CT molecular complexity index is 3240. The van der Waals surface area contributed by atoms with Crippen LogP contribution in [0.25, 0.3) is 82.4 Å². The predicted molar refractivity (Wildman–Crippen MR) is 247 cm³/mol. The fourth-order valence-corrected chi connectivity index (χ4v) is 8.81. The van der Waals surface area contributed by atoms with Gasteiger partial charge in [-0.2, -0.15) is 0 Å². The average Bonchev–Trinajstić information content (AvgIpc) is 3.64. The van der Waals surface area contributed by atoms with E-state index in [1.165, 1.54) is 65.6 Å². The topological polar surface area (TPSA) is 8.17 Å². The molecule has 0 aliphatic heterocycles. The number of aromatic nitrogens is 1. The van der Waals surface area contributed by atoms with Crippen molar-refractivity contribution in [1.29, 1.82) is 0 Å². The van der Waals surface area contributed by atoms with Gasteiger partial charge in [-0.1, -0.05) is 170 Å². The van der Waals surface area contributed by atoms with E-state index in [0.717, 1.165) is 33.9 Å². The number of fused-ring (bicyclic) bond motifs is 5. The molecule has 10 aromatic carbocycles. The van der Waals surface area contributed by atoms with E-state index in [2.05, 4.69) is 240 Å². The molecule has 0 aliphatic carbocycles. The standard InChI is InChI=1S/C56H38N2/c1-2-16-42-36-43(31-30-39(42)14-1)40-32-34-46(35-33-40)57(47-20-11-18-44(37-47)50-26-13-17-41-15-3-4-22-49(41)50)54-27-8-5-23-51(54)45-19-12-21-48(38-45)58-55-28-9-6-24-52(55)53-25-7-10-29-56(53)58/h1-38H. The predicted octanol–water partition coefficient (Wildman–Crippen LogP) is 15.6. The molecule has 0 saturated carbocycles. The van der Waals surface area contributed by atoms with Crippen LogP contribution in [0.5, 0.6) is 0 Å². The monoisotopic (exact) mass is 738 g/mol. The highest BCUT2D eigenvalue weighted by Gasteiger charge is 2.19. The summed E-state index contributed by atoms with van der Waals surface area (Å²) >= 11 is 0. The first-order valence-corrected chi connectivity index (χ1v) is 19.9. The normalized spacial score (nSPS) is 11.4. The fourth-order valence-electron chi connectivity index (χ4n) is 8.81. The second kappa shape index (κ2) is 14.1. The first-order chi connectivity index (χ1) is 28.8. The van der Waals surface area contributed by atoms with E-state index in [-0.39, 0.29) is 0 Å². The molecule has 0 aliphatic rings. The van der Waals surface area contributed by atoms with Gasteiger partial charge in [-0.3, -0.25) is 0 Å². The van der Waals surface area contributed by atoms with Crippen molar-refractivity contribution in [2.75, 3.05) is 4.90 Å². The van der Waals surface area contributed by atoms with E-state index in [0.29, 0.717) is 0 Å². The molecule has 2 heteroatoms. The largest absolute Gasteiger partial charge is 0.310 e. The van der Waals surface area contributed by atoms with E-state index in [4.69, 9.17) is 0 Å². The van der Waals surface area contributed by atoms with Crippen molar-refractivity contribution in [2.24, 2.45) is 0 Å². The summed E-state index contributed by atoms with van der Waals surface area (Å²) < 4.78 is 2.40. The van der Waals surface area contributed by atoms with Gasteiger partial charge < -0.3 is 9.47 Å². The van der Waals surface area contributed by atoms with Crippen LogP contribution in [0.1, 0.15) is 0 Å². The van der Waals surface area contributed by atoms with Crippen LogP contribution in [-0.4, -0.2) is 4.57 Å². The molecule has 272 valence electrons. The van der Waals surface area contributed by atoms with Crippen molar-refractivity contribution < 1.29 is 0 Å². The van der Waals surface area contributed by atoms with Gasteiger partial charge in [0.1, 0.15) is 0 Å². The summed E-state index contributed by atoms with van der Waals surface area (Å²) in [7, 11) is 0. The lowest BCUT2D eigenvalue weighted by molar-refractivity contribution is 1.18. The first kappa shape index (κ1) is 33.6. The summed E-state index contributed by atoms with van der Waals surface area (Å²) in [6.45, 7) is 0. The number of hydrogen-bond acceptors (Lipinski definition) is 1. The number of benzene rings is 10. The number of nitrogens with zero attached hydrogens (tertiary/aromatic N) is 2. The van der Waals surface area contributed by atoms with Gasteiger partial charge >= 0.3 is 0 Å². The first-order valence-electron chi connectivity index (χ1n) is 19.9. The van der Waals surface area contributed by atoms with Crippen LogP contribution in [-0.2, 0) is 0 Å². The smallest absolute Gasteiger partial charge is 0.0541 e. The molecule has 0 amide bonds. The molecule has 2 nitrogen and oxygen atoms in total. The number of rotatable bonds is 7. The van der Waals surface area contributed by atoms with Crippen LogP contribution >= 0.6 is 0 Å². The van der Waals surface area contributed by atoms with Crippen molar-refractivity contribution in [2.45, 2.75) is 0 Å². The third-order valence-electron chi connectivity index (χ3n) is 11.6. The summed E-state index contributed by atoms with van der Waals surface area (Å²) in [5.41, 5.74) is 13.9. The molecule has 0 radical (unpaired) electrons. The Balaban J connectivity index is 1.07. The molecule has 11 rings (SSSR count). The summed E-state index contributed by atoms with van der Waals surface area (Å²) in [5, 5.41) is 7.49. The average molecular weight is 739 g/mol. The van der Waals surface area contributed by atoms with Crippen LogP contribution in [0, 0.1) is 0 Å². The van der Waals surface area contributed by atoms with Crippen LogP contribution in [0.4, 0.5) is 17.1 Å². The quantitative estimate of drug-likeness (QED) is 0.158. The zero-order valence-electron chi connectivity index (χ0n) is 31.8. The highest BCUT2D eigenvalue weighted by Crippen LogP contribution is 2.44. The molecule has 0 atom stereocenters. The Hall–Kier alpha value is -7.68. The third-order valence-corrected chi connectivity index (χ3v) is 11.6. The lowest BCUT2D eigenvalue weighted by Gasteiger charge is -2.28. The zero-order valence-corrected chi connectivity index (χ0v) is 31.8. The van der Waals surface area contributed by atoms with Gasteiger partial charge in [0.25, 0.3) is 0 Å². The van der Waals surface area contributed by atoms with Gasteiger partial charge in [0.05, 0.1) is 16.7 Å². The van der Waals surface area contributed by atoms with Crippen molar-refractivity contribution >= 4 is 60.4 Å². The minimum Gasteiger partial charge on any atom is -0.310 e. The molecule has 0 spiro atoms. The molecule has 0 N–H and O–H groups in total. The maximum absolute atomic E-state index is 2.42. The highest BCUT2D eigenvalue weighted by atomic mass is 15.1. The summed E-state index contributed by atoms with van der Waals surface area (Å²) in [6, 6.07) is 83.8. The van der Waals surface area contributed by atoms with Gasteiger partial charge in [-0.05, 0) is 110 Å². The maximum atomic E-state index is 2.42. The van der Waals surface area contributed by atoms with Crippen LogP contribution in [0.2, 0.25) is 0 Å². The second-order valence-corrected chi connectivity index (χ2v) is 15.0. The Kier molecular flexibility index (Phi) is 8.19. The zero-order chi connectivity index (χ0) is 38.4. The SMILES string of the molecule is c1cc(-c2cccc3ccccc23)cc(N(c2ccc(-c3ccc4ccccc4c3)cc2)c2ccccc2-c2cccc(-n3c4ccccc4c4ccccc43)c2)c1. The van der Waals surface area contributed by atoms with Crippen molar-refractivity contribution in [1.82, 2.24) is 4.57 Å². The Morgan fingerprint density at radius 3 is 1.66 bits per heavy atom. The molecular formula is C56H38N2. The molecule has 0 unspecified atom stereocenters. The van der Waals surface area contributed by atoms with E-state index >= 15 is 0 Å². The molecule has 0 saturated heterocycles. The summed E-state index contributed by atoms with van der Waals surface area (Å²) in [5.74, 6) is 0. The fraction of sp³-hybridized carbons (Fsp3) is 0. The Labute approximate surface area is 338 Å². The van der Waals surface area contributed by atoms with Crippen LogP contribution in [0.3, 0.4) is 0 Å². The maximum Gasteiger partial charge on any atom is 0.0541 e. The minimum absolute atomic E-state index is 1.09. The van der Waals surface area contributed by atoms with Crippen molar-refractivity contribution in [3.8, 4) is 39.1 Å². The Morgan fingerprint density at radius 2 is 0.862 bits per heavy atom. The van der Waals surface area contributed by atoms with Crippen molar-refractivity contribution in [3.63, 3.8) is 0 Å². The minimum atomic E-state index is 1.09. The van der Waals surface area contributed by atoms with E-state index in [1.807, 2.05) is 0 Å². The number of hydrogen-bond donors (Lipinski definition) is 0. The summed E-state index contributed by atoms with van der Waals surface area (Å²) in [6.07, 6.45) is 0. The van der Waals surface area contributed by atoms with E-state index in [9.17, 15) is 0 Å². The van der Waals surface area contributed by atoms with Gasteiger partial charge in [-0.15, -0.1) is 0 Å². The third kappa shape index (κ3) is 5.82. The van der Waals surface area contributed by atoms with Crippen molar-refractivity contribution in [3.05, 3.63) is 231 Å². The van der Waals surface area contributed by atoms with E-state index in [1.54, 1.807) is 0 Å². The van der Waals surface area contributed by atoms with Gasteiger partial charge in [0.2, 0.25) is 0 Å². The van der Waals surface area contributed by atoms with Crippen LogP contribution in [0.15, 0.2) is 231 Å². The summed E-state index contributed by atoms with van der Waals surface area (Å²) in [4.78, 5) is 2.42. The molecule has 0 bridgehead atoms. The molecule has 1 aromatic heterocycles. The van der Waals surface area contributed by atoms with E-state index < -0.39 is 0 Å². The molecule has 1 heterocycles.